The first-order valence-electron chi connectivity index (χ1n) is 7.22. The summed E-state index contributed by atoms with van der Waals surface area (Å²) in [6.07, 6.45) is 0. The van der Waals surface area contributed by atoms with Crippen LogP contribution >= 0.6 is 22.7 Å². The van der Waals surface area contributed by atoms with Gasteiger partial charge in [0, 0.05) is 11.1 Å². The molecule has 2 heterocycles. The van der Waals surface area contributed by atoms with Crippen LogP contribution in [0.1, 0.15) is 10.5 Å². The lowest BCUT2D eigenvalue weighted by Gasteiger charge is -2.01. The van der Waals surface area contributed by atoms with Gasteiger partial charge in [0.2, 0.25) is 0 Å². The van der Waals surface area contributed by atoms with Crippen LogP contribution in [0.2, 0.25) is 0 Å². The van der Waals surface area contributed by atoms with Crippen LogP contribution in [-0.2, 0) is 0 Å². The fourth-order valence-electron chi connectivity index (χ4n) is 2.17. The Labute approximate surface area is 146 Å². The number of hydrogen-bond donors (Lipinski definition) is 2. The second kappa shape index (κ2) is 6.38. The van der Waals surface area contributed by atoms with Crippen molar-refractivity contribution in [2.45, 2.75) is 0 Å². The number of benzene rings is 2. The number of hydrogen-bond acceptors (Lipinski definition) is 6. The summed E-state index contributed by atoms with van der Waals surface area (Å²) in [4.78, 5) is 21.1. The SMILES string of the molecule is O=C(Nc1nc2ccccc2s1)c1csc(Nc2ccccc2)n1. The van der Waals surface area contributed by atoms with E-state index in [0.29, 0.717) is 16.0 Å². The first kappa shape index (κ1) is 14.8. The zero-order valence-corrected chi connectivity index (χ0v) is 14.0. The summed E-state index contributed by atoms with van der Waals surface area (Å²) in [5.74, 6) is -0.258. The van der Waals surface area contributed by atoms with Crippen LogP contribution in [0, 0.1) is 0 Å². The molecule has 0 radical (unpaired) electrons. The monoisotopic (exact) mass is 352 g/mol. The molecule has 2 aromatic heterocycles. The summed E-state index contributed by atoms with van der Waals surface area (Å²) in [6.45, 7) is 0. The lowest BCUT2D eigenvalue weighted by molar-refractivity contribution is 0.102. The molecule has 7 heteroatoms. The van der Waals surface area contributed by atoms with Crippen LogP contribution in [-0.4, -0.2) is 15.9 Å². The topological polar surface area (TPSA) is 66.9 Å². The van der Waals surface area contributed by atoms with E-state index in [4.69, 9.17) is 0 Å². The van der Waals surface area contributed by atoms with Gasteiger partial charge in [-0.1, -0.05) is 41.7 Å². The summed E-state index contributed by atoms with van der Waals surface area (Å²) in [5.41, 5.74) is 2.19. The summed E-state index contributed by atoms with van der Waals surface area (Å²) in [5, 5.41) is 8.97. The Balaban J connectivity index is 1.48. The number of anilines is 3. The fourth-order valence-corrected chi connectivity index (χ4v) is 3.74. The van der Waals surface area contributed by atoms with Crippen LogP contribution in [0.4, 0.5) is 16.0 Å². The number of nitrogens with zero attached hydrogens (tertiary/aromatic N) is 2. The van der Waals surface area contributed by atoms with Gasteiger partial charge in [0.1, 0.15) is 5.69 Å². The Kier molecular flexibility index (Phi) is 3.94. The second-order valence-electron chi connectivity index (χ2n) is 4.97. The van der Waals surface area contributed by atoms with Crippen molar-refractivity contribution in [3.63, 3.8) is 0 Å². The smallest absolute Gasteiger partial charge is 0.276 e. The molecule has 0 bridgehead atoms. The molecule has 4 rings (SSSR count). The van der Waals surface area contributed by atoms with E-state index in [1.54, 1.807) is 5.38 Å². The number of para-hydroxylation sites is 2. The Bertz CT molecular complexity index is 961. The molecular formula is C17H12N4OS2. The highest BCUT2D eigenvalue weighted by Gasteiger charge is 2.13. The third-order valence-electron chi connectivity index (χ3n) is 3.28. The zero-order chi connectivity index (χ0) is 16.4. The quantitative estimate of drug-likeness (QED) is 0.556. The summed E-state index contributed by atoms with van der Waals surface area (Å²) in [6, 6.07) is 17.5. The van der Waals surface area contributed by atoms with Crippen molar-refractivity contribution in [3.8, 4) is 0 Å². The summed E-state index contributed by atoms with van der Waals surface area (Å²) in [7, 11) is 0. The minimum absolute atomic E-state index is 0.258. The fraction of sp³-hybridized carbons (Fsp3) is 0. The highest BCUT2D eigenvalue weighted by molar-refractivity contribution is 7.22. The van der Waals surface area contributed by atoms with Crippen LogP contribution in [0.25, 0.3) is 10.2 Å². The van der Waals surface area contributed by atoms with Gasteiger partial charge in [-0.05, 0) is 24.3 Å². The first-order valence-corrected chi connectivity index (χ1v) is 8.92. The number of rotatable bonds is 4. The van der Waals surface area contributed by atoms with Crippen molar-refractivity contribution in [1.29, 1.82) is 0 Å². The van der Waals surface area contributed by atoms with Gasteiger partial charge < -0.3 is 5.32 Å². The number of fused-ring (bicyclic) bond motifs is 1. The number of amides is 1. The number of aromatic nitrogens is 2. The predicted molar refractivity (Wildman–Crippen MR) is 99.4 cm³/mol. The summed E-state index contributed by atoms with van der Waals surface area (Å²) < 4.78 is 1.04. The van der Waals surface area contributed by atoms with E-state index in [9.17, 15) is 4.79 Å². The van der Waals surface area contributed by atoms with Crippen molar-refractivity contribution in [2.24, 2.45) is 0 Å². The maximum atomic E-state index is 12.3. The second-order valence-corrected chi connectivity index (χ2v) is 6.86. The molecule has 24 heavy (non-hydrogen) atoms. The zero-order valence-electron chi connectivity index (χ0n) is 12.4. The van der Waals surface area contributed by atoms with Crippen molar-refractivity contribution in [3.05, 3.63) is 65.7 Å². The highest BCUT2D eigenvalue weighted by Crippen LogP contribution is 2.26. The minimum Gasteiger partial charge on any atom is -0.332 e. The van der Waals surface area contributed by atoms with E-state index in [1.807, 2.05) is 54.6 Å². The number of nitrogens with one attached hydrogen (secondary N) is 2. The molecule has 0 aliphatic heterocycles. The Morgan fingerprint density at radius 3 is 2.54 bits per heavy atom. The molecule has 118 valence electrons. The van der Waals surface area contributed by atoms with Crippen LogP contribution in [0.5, 0.6) is 0 Å². The molecule has 1 amide bonds. The van der Waals surface area contributed by atoms with Gasteiger partial charge >= 0.3 is 0 Å². The Hall–Kier alpha value is -2.77. The Morgan fingerprint density at radius 2 is 1.71 bits per heavy atom. The molecule has 0 aliphatic rings. The summed E-state index contributed by atoms with van der Waals surface area (Å²) >= 11 is 2.83. The lowest BCUT2D eigenvalue weighted by atomic mass is 10.3. The van der Waals surface area contributed by atoms with Crippen molar-refractivity contribution in [2.75, 3.05) is 10.6 Å². The maximum absolute atomic E-state index is 12.3. The first-order chi connectivity index (χ1) is 11.8. The van der Waals surface area contributed by atoms with E-state index in [2.05, 4.69) is 20.6 Å². The third-order valence-corrected chi connectivity index (χ3v) is 4.99. The third kappa shape index (κ3) is 3.12. The normalized spacial score (nSPS) is 10.7. The van der Waals surface area contributed by atoms with Gasteiger partial charge in [0.05, 0.1) is 10.2 Å². The number of carbonyl (C=O) groups excluding carboxylic acids is 1. The van der Waals surface area contributed by atoms with Gasteiger partial charge in [-0.25, -0.2) is 9.97 Å². The average molecular weight is 352 g/mol. The average Bonchev–Trinajstić information content (AvgIpc) is 3.22. The molecule has 2 aromatic carbocycles. The van der Waals surface area contributed by atoms with Gasteiger partial charge in [0.25, 0.3) is 5.91 Å². The largest absolute Gasteiger partial charge is 0.332 e. The minimum atomic E-state index is -0.258. The van der Waals surface area contributed by atoms with Crippen molar-refractivity contribution in [1.82, 2.24) is 9.97 Å². The molecule has 0 unspecified atom stereocenters. The molecule has 0 atom stereocenters. The van der Waals surface area contributed by atoms with Gasteiger partial charge in [-0.2, -0.15) is 0 Å². The molecule has 0 fully saturated rings. The van der Waals surface area contributed by atoms with Gasteiger partial charge in [0.15, 0.2) is 10.3 Å². The molecular weight excluding hydrogens is 340 g/mol. The van der Waals surface area contributed by atoms with Crippen LogP contribution < -0.4 is 10.6 Å². The predicted octanol–water partition coefficient (Wildman–Crippen LogP) is 4.75. The van der Waals surface area contributed by atoms with E-state index < -0.39 is 0 Å². The molecule has 4 aromatic rings. The molecule has 0 saturated carbocycles. The van der Waals surface area contributed by atoms with Crippen molar-refractivity contribution < 1.29 is 4.79 Å². The lowest BCUT2D eigenvalue weighted by Crippen LogP contribution is -2.12. The standard InChI is InChI=1S/C17H12N4OS2/c22-15(21-17-19-12-8-4-5-9-14(12)24-17)13-10-23-16(20-13)18-11-6-2-1-3-7-11/h1-10H,(H,18,20)(H,19,21,22). The van der Waals surface area contributed by atoms with E-state index >= 15 is 0 Å². The molecule has 0 saturated heterocycles. The van der Waals surface area contributed by atoms with E-state index in [0.717, 1.165) is 15.9 Å². The molecule has 5 nitrogen and oxygen atoms in total. The number of thiazole rings is 2. The molecule has 2 N–H and O–H groups in total. The van der Waals surface area contributed by atoms with Crippen molar-refractivity contribution >= 4 is 54.7 Å². The highest BCUT2D eigenvalue weighted by atomic mass is 32.1. The van der Waals surface area contributed by atoms with Crippen LogP contribution in [0.3, 0.4) is 0 Å². The number of carbonyl (C=O) groups is 1. The maximum Gasteiger partial charge on any atom is 0.276 e. The van der Waals surface area contributed by atoms with Gasteiger partial charge in [-0.3, -0.25) is 10.1 Å². The molecule has 0 aliphatic carbocycles. The Morgan fingerprint density at radius 1 is 0.917 bits per heavy atom. The van der Waals surface area contributed by atoms with Gasteiger partial charge in [-0.15, -0.1) is 11.3 Å². The van der Waals surface area contributed by atoms with E-state index in [1.165, 1.54) is 22.7 Å². The van der Waals surface area contributed by atoms with E-state index in [-0.39, 0.29) is 5.91 Å². The van der Waals surface area contributed by atoms with Crippen LogP contribution in [0.15, 0.2) is 60.0 Å². The molecule has 0 spiro atoms.